The molecule has 1 rings (SSSR count). The molecule has 0 heterocycles. The summed E-state index contributed by atoms with van der Waals surface area (Å²) in [6.45, 7) is 6.21. The van der Waals surface area contributed by atoms with Crippen LogP contribution in [0.2, 0.25) is 0 Å². The summed E-state index contributed by atoms with van der Waals surface area (Å²) in [6.07, 6.45) is 0.432. The van der Waals surface area contributed by atoms with E-state index in [0.29, 0.717) is 6.61 Å². The van der Waals surface area contributed by atoms with Gasteiger partial charge in [-0.15, -0.1) is 0 Å². The Morgan fingerprint density at radius 2 is 1.75 bits per heavy atom. The lowest BCUT2D eigenvalue weighted by Gasteiger charge is -2.20. The second-order valence-electron chi connectivity index (χ2n) is 5.82. The van der Waals surface area contributed by atoms with Crippen molar-refractivity contribution < 1.29 is 14.3 Å². The van der Waals surface area contributed by atoms with Crippen molar-refractivity contribution in [1.82, 2.24) is 5.32 Å². The second kappa shape index (κ2) is 7.80. The van der Waals surface area contributed by atoms with Crippen LogP contribution in [-0.2, 0) is 20.9 Å². The molecule has 0 fully saturated rings. The van der Waals surface area contributed by atoms with Crippen LogP contribution >= 0.6 is 0 Å². The first kappa shape index (κ1) is 16.4. The molecule has 0 spiro atoms. The third-order valence-electron chi connectivity index (χ3n) is 2.52. The van der Waals surface area contributed by atoms with Gasteiger partial charge < -0.3 is 10.1 Å². The number of carbonyl (C=O) groups excluding carboxylic acids is 2. The van der Waals surface area contributed by atoms with Crippen molar-refractivity contribution in [3.05, 3.63) is 35.9 Å². The topological polar surface area (TPSA) is 55.4 Å². The SMILES string of the molecule is CC(C)(C)NC(=O)CCC(=O)COCc1ccccc1. The van der Waals surface area contributed by atoms with E-state index in [9.17, 15) is 9.59 Å². The summed E-state index contributed by atoms with van der Waals surface area (Å²) in [6, 6.07) is 9.68. The first-order valence-corrected chi connectivity index (χ1v) is 6.81. The highest BCUT2D eigenvalue weighted by Crippen LogP contribution is 2.03. The molecule has 4 heteroatoms. The molecule has 0 aliphatic rings. The molecule has 0 unspecified atom stereocenters. The minimum Gasteiger partial charge on any atom is -0.369 e. The van der Waals surface area contributed by atoms with Crippen LogP contribution in [0.4, 0.5) is 0 Å². The Balaban J connectivity index is 2.16. The molecule has 110 valence electrons. The maximum absolute atomic E-state index is 11.6. The van der Waals surface area contributed by atoms with E-state index < -0.39 is 0 Å². The highest BCUT2D eigenvalue weighted by Gasteiger charge is 2.14. The third kappa shape index (κ3) is 7.69. The van der Waals surface area contributed by atoms with E-state index in [1.165, 1.54) is 0 Å². The summed E-state index contributed by atoms with van der Waals surface area (Å²) in [5.41, 5.74) is 0.773. The van der Waals surface area contributed by atoms with Crippen LogP contribution in [0.15, 0.2) is 30.3 Å². The van der Waals surface area contributed by atoms with Gasteiger partial charge in [-0.3, -0.25) is 9.59 Å². The quantitative estimate of drug-likeness (QED) is 0.833. The average Bonchev–Trinajstić information content (AvgIpc) is 2.36. The van der Waals surface area contributed by atoms with Gasteiger partial charge in [-0.1, -0.05) is 30.3 Å². The molecule has 0 aliphatic heterocycles. The molecule has 1 N–H and O–H groups in total. The van der Waals surface area contributed by atoms with Crippen molar-refractivity contribution in [1.29, 1.82) is 0 Å². The van der Waals surface area contributed by atoms with Gasteiger partial charge in [0.2, 0.25) is 5.91 Å². The summed E-state index contributed by atoms with van der Waals surface area (Å²) in [7, 11) is 0. The number of benzene rings is 1. The molecule has 0 bridgehead atoms. The van der Waals surface area contributed by atoms with E-state index in [0.717, 1.165) is 5.56 Å². The maximum Gasteiger partial charge on any atom is 0.220 e. The number of Topliss-reactive ketones (excluding diaryl/α,β-unsaturated/α-hetero) is 1. The normalized spacial score (nSPS) is 11.2. The highest BCUT2D eigenvalue weighted by molar-refractivity contribution is 5.85. The molecule has 0 aromatic heterocycles. The minimum absolute atomic E-state index is 0.0509. The number of rotatable bonds is 7. The van der Waals surface area contributed by atoms with Crippen molar-refractivity contribution in [2.75, 3.05) is 6.61 Å². The number of hydrogen-bond donors (Lipinski definition) is 1. The van der Waals surface area contributed by atoms with E-state index in [2.05, 4.69) is 5.32 Å². The minimum atomic E-state index is -0.260. The predicted octanol–water partition coefficient (Wildman–Crippen LogP) is 2.47. The van der Waals surface area contributed by atoms with Gasteiger partial charge in [-0.25, -0.2) is 0 Å². The van der Waals surface area contributed by atoms with Gasteiger partial charge in [0.1, 0.15) is 6.61 Å². The molecule has 0 radical (unpaired) electrons. The van der Waals surface area contributed by atoms with E-state index in [1.54, 1.807) is 0 Å². The molecule has 1 amide bonds. The third-order valence-corrected chi connectivity index (χ3v) is 2.52. The van der Waals surface area contributed by atoms with Crippen LogP contribution in [0.5, 0.6) is 0 Å². The zero-order valence-corrected chi connectivity index (χ0v) is 12.4. The first-order valence-electron chi connectivity index (χ1n) is 6.81. The van der Waals surface area contributed by atoms with Crippen LogP contribution in [0.1, 0.15) is 39.2 Å². The molecule has 1 aromatic carbocycles. The van der Waals surface area contributed by atoms with E-state index >= 15 is 0 Å². The molecule has 0 aliphatic carbocycles. The van der Waals surface area contributed by atoms with Gasteiger partial charge in [-0.05, 0) is 26.3 Å². The number of amides is 1. The first-order chi connectivity index (χ1) is 9.37. The molecule has 0 saturated carbocycles. The largest absolute Gasteiger partial charge is 0.369 e. The summed E-state index contributed by atoms with van der Waals surface area (Å²) < 4.78 is 5.33. The molecule has 0 saturated heterocycles. The Bertz CT molecular complexity index is 435. The Kier molecular flexibility index (Phi) is 6.39. The lowest BCUT2D eigenvalue weighted by atomic mass is 10.1. The van der Waals surface area contributed by atoms with Gasteiger partial charge in [0.05, 0.1) is 6.61 Å². The summed E-state index contributed by atoms with van der Waals surface area (Å²) in [5.74, 6) is -0.154. The lowest BCUT2D eigenvalue weighted by molar-refractivity contribution is -0.128. The van der Waals surface area contributed by atoms with Crippen molar-refractivity contribution in [3.8, 4) is 0 Å². The fourth-order valence-electron chi connectivity index (χ4n) is 1.66. The van der Waals surface area contributed by atoms with Crippen molar-refractivity contribution in [2.24, 2.45) is 0 Å². The summed E-state index contributed by atoms with van der Waals surface area (Å²) in [5, 5.41) is 2.82. The number of carbonyl (C=O) groups is 2. The van der Waals surface area contributed by atoms with Crippen LogP contribution in [-0.4, -0.2) is 23.8 Å². The van der Waals surface area contributed by atoms with Crippen molar-refractivity contribution >= 4 is 11.7 Å². The van der Waals surface area contributed by atoms with Gasteiger partial charge in [0.15, 0.2) is 5.78 Å². The van der Waals surface area contributed by atoms with Crippen LogP contribution in [0.3, 0.4) is 0 Å². The molecule has 20 heavy (non-hydrogen) atoms. The number of ketones is 1. The van der Waals surface area contributed by atoms with Crippen LogP contribution in [0, 0.1) is 0 Å². The van der Waals surface area contributed by atoms with Crippen LogP contribution in [0.25, 0.3) is 0 Å². The molecule has 4 nitrogen and oxygen atoms in total. The average molecular weight is 277 g/mol. The monoisotopic (exact) mass is 277 g/mol. The summed E-state index contributed by atoms with van der Waals surface area (Å²) in [4.78, 5) is 23.2. The van der Waals surface area contributed by atoms with Crippen molar-refractivity contribution in [2.45, 2.75) is 45.8 Å². The molecular weight excluding hydrogens is 254 g/mol. The van der Waals surface area contributed by atoms with E-state index in [-0.39, 0.29) is 36.7 Å². The Hall–Kier alpha value is -1.68. The predicted molar refractivity (Wildman–Crippen MR) is 78.2 cm³/mol. The number of nitrogens with one attached hydrogen (secondary N) is 1. The highest BCUT2D eigenvalue weighted by atomic mass is 16.5. The Labute approximate surface area is 120 Å². The number of ether oxygens (including phenoxy) is 1. The standard InChI is InChI=1S/C16H23NO3/c1-16(2,3)17-15(19)10-9-14(18)12-20-11-13-7-5-4-6-8-13/h4-8H,9-12H2,1-3H3,(H,17,19). The molecule has 0 atom stereocenters. The van der Waals surface area contributed by atoms with Gasteiger partial charge in [0, 0.05) is 18.4 Å². The zero-order valence-electron chi connectivity index (χ0n) is 12.4. The fourth-order valence-corrected chi connectivity index (χ4v) is 1.66. The van der Waals surface area contributed by atoms with E-state index in [1.807, 2.05) is 51.1 Å². The van der Waals surface area contributed by atoms with E-state index in [4.69, 9.17) is 4.74 Å². The molecular formula is C16H23NO3. The Morgan fingerprint density at radius 1 is 1.10 bits per heavy atom. The zero-order chi connectivity index (χ0) is 15.0. The second-order valence-corrected chi connectivity index (χ2v) is 5.82. The van der Waals surface area contributed by atoms with Gasteiger partial charge in [0.25, 0.3) is 0 Å². The lowest BCUT2D eigenvalue weighted by Crippen LogP contribution is -2.40. The maximum atomic E-state index is 11.6. The van der Waals surface area contributed by atoms with Crippen molar-refractivity contribution in [3.63, 3.8) is 0 Å². The smallest absolute Gasteiger partial charge is 0.220 e. The summed E-state index contributed by atoms with van der Waals surface area (Å²) >= 11 is 0. The van der Waals surface area contributed by atoms with Gasteiger partial charge in [-0.2, -0.15) is 0 Å². The molecule has 1 aromatic rings. The van der Waals surface area contributed by atoms with Crippen LogP contribution < -0.4 is 5.32 Å². The Morgan fingerprint density at radius 3 is 2.35 bits per heavy atom. The fraction of sp³-hybridized carbons (Fsp3) is 0.500. The number of hydrogen-bond acceptors (Lipinski definition) is 3. The van der Waals surface area contributed by atoms with Gasteiger partial charge >= 0.3 is 0 Å².